The van der Waals surface area contributed by atoms with Crippen molar-refractivity contribution in [1.29, 1.82) is 0 Å². The molecule has 0 aliphatic carbocycles. The van der Waals surface area contributed by atoms with Crippen LogP contribution in [0.2, 0.25) is 0 Å². The van der Waals surface area contributed by atoms with Gasteiger partial charge in [-0.1, -0.05) is 6.92 Å². The van der Waals surface area contributed by atoms with Gasteiger partial charge in [0.05, 0.1) is 12.7 Å². The smallest absolute Gasteiger partial charge is 0.109 e. The zero-order valence-corrected chi connectivity index (χ0v) is 5.90. The van der Waals surface area contributed by atoms with Gasteiger partial charge in [-0.3, -0.25) is 0 Å². The van der Waals surface area contributed by atoms with Crippen molar-refractivity contribution in [2.24, 2.45) is 5.92 Å². The number of aliphatic hydroxyl groups is 2. The molecule has 0 aromatic heterocycles. The molecule has 3 nitrogen and oxygen atoms in total. The highest BCUT2D eigenvalue weighted by Crippen LogP contribution is 2.23. The summed E-state index contributed by atoms with van der Waals surface area (Å²) in [6.45, 7) is 1.63. The maximum Gasteiger partial charge on any atom is 0.109 e. The van der Waals surface area contributed by atoms with E-state index in [4.69, 9.17) is 17.7 Å². The fourth-order valence-electron chi connectivity index (χ4n) is 1.09. The Hall–Kier alpha value is -0.0551. The van der Waals surface area contributed by atoms with Crippen LogP contribution in [0.4, 0.5) is 0 Å². The summed E-state index contributed by atoms with van der Waals surface area (Å²) in [6, 6.07) is -0.438. The van der Waals surface area contributed by atoms with Crippen LogP contribution in [-0.2, 0) is 4.74 Å². The molecular formula is C6H11BO3. The van der Waals surface area contributed by atoms with Gasteiger partial charge in [-0.15, -0.1) is 0 Å². The van der Waals surface area contributed by atoms with E-state index in [2.05, 4.69) is 0 Å². The number of hydrogen-bond acceptors (Lipinski definition) is 3. The van der Waals surface area contributed by atoms with E-state index in [0.717, 1.165) is 0 Å². The van der Waals surface area contributed by atoms with Crippen molar-refractivity contribution in [2.45, 2.75) is 25.1 Å². The molecule has 0 bridgehead atoms. The highest BCUT2D eigenvalue weighted by atomic mass is 16.5. The molecule has 1 aliphatic rings. The van der Waals surface area contributed by atoms with Crippen molar-refractivity contribution in [3.05, 3.63) is 0 Å². The van der Waals surface area contributed by atoms with Crippen molar-refractivity contribution in [3.63, 3.8) is 0 Å². The number of hydrogen-bond donors (Lipinski definition) is 2. The Morgan fingerprint density at radius 1 is 1.60 bits per heavy atom. The normalized spacial score (nSPS) is 47.9. The van der Waals surface area contributed by atoms with E-state index in [1.54, 1.807) is 6.92 Å². The van der Waals surface area contributed by atoms with Crippen LogP contribution in [0.3, 0.4) is 0 Å². The molecule has 56 valence electrons. The van der Waals surface area contributed by atoms with Crippen LogP contribution in [0, 0.1) is 5.92 Å². The Balaban J connectivity index is 2.53. The van der Waals surface area contributed by atoms with Crippen LogP contribution in [-0.4, -0.2) is 42.9 Å². The molecule has 1 saturated heterocycles. The molecule has 0 amide bonds. The topological polar surface area (TPSA) is 49.7 Å². The van der Waals surface area contributed by atoms with Crippen molar-refractivity contribution in [1.82, 2.24) is 0 Å². The van der Waals surface area contributed by atoms with Crippen LogP contribution in [0.5, 0.6) is 0 Å². The Morgan fingerprint density at radius 3 is 2.40 bits per heavy atom. The Labute approximate surface area is 61.4 Å². The van der Waals surface area contributed by atoms with E-state index in [1.165, 1.54) is 0 Å². The molecular weight excluding hydrogens is 131 g/mol. The van der Waals surface area contributed by atoms with E-state index in [-0.39, 0.29) is 12.5 Å². The summed E-state index contributed by atoms with van der Waals surface area (Å²) in [4.78, 5) is 0. The van der Waals surface area contributed by atoms with Gasteiger partial charge in [0.1, 0.15) is 14.0 Å². The fourth-order valence-corrected chi connectivity index (χ4v) is 1.09. The quantitative estimate of drug-likeness (QED) is 0.455. The monoisotopic (exact) mass is 142 g/mol. The van der Waals surface area contributed by atoms with Gasteiger partial charge in [0, 0.05) is 11.9 Å². The van der Waals surface area contributed by atoms with Gasteiger partial charge in [-0.2, -0.15) is 0 Å². The molecule has 2 N–H and O–H groups in total. The van der Waals surface area contributed by atoms with Gasteiger partial charge in [0.15, 0.2) is 0 Å². The minimum atomic E-state index is -0.625. The molecule has 1 fully saturated rings. The molecule has 10 heavy (non-hydrogen) atoms. The van der Waals surface area contributed by atoms with Crippen molar-refractivity contribution >= 4 is 7.85 Å². The van der Waals surface area contributed by atoms with Gasteiger partial charge < -0.3 is 14.9 Å². The lowest BCUT2D eigenvalue weighted by molar-refractivity contribution is -0.00490. The molecule has 2 radical (unpaired) electrons. The minimum Gasteiger partial charge on any atom is -0.394 e. The van der Waals surface area contributed by atoms with Crippen molar-refractivity contribution < 1.29 is 14.9 Å². The predicted octanol–water partition coefficient (Wildman–Crippen LogP) is -1.13. The van der Waals surface area contributed by atoms with E-state index < -0.39 is 18.2 Å². The molecule has 0 aromatic rings. The zero-order valence-electron chi connectivity index (χ0n) is 5.90. The summed E-state index contributed by atoms with van der Waals surface area (Å²) in [7, 11) is 5.44. The first-order chi connectivity index (χ1) is 4.66. The molecule has 0 spiro atoms. The fraction of sp³-hybridized carbons (Fsp3) is 1.00. The molecule has 2 unspecified atom stereocenters. The lowest BCUT2D eigenvalue weighted by Gasteiger charge is -2.11. The molecule has 4 heteroatoms. The van der Waals surface area contributed by atoms with Crippen LogP contribution in [0.25, 0.3) is 0 Å². The minimum absolute atomic E-state index is 0.0860. The average Bonchev–Trinajstić information content (AvgIpc) is 2.17. The second-order valence-corrected chi connectivity index (χ2v) is 2.67. The van der Waals surface area contributed by atoms with Crippen LogP contribution in [0.1, 0.15) is 6.92 Å². The summed E-state index contributed by atoms with van der Waals surface area (Å²) in [5, 5.41) is 17.9. The number of aliphatic hydroxyl groups excluding tert-OH is 2. The first-order valence-electron chi connectivity index (χ1n) is 3.36. The second-order valence-electron chi connectivity index (χ2n) is 2.67. The summed E-state index contributed by atoms with van der Waals surface area (Å²) < 4.78 is 5.01. The third-order valence-electron chi connectivity index (χ3n) is 1.95. The van der Waals surface area contributed by atoms with Gasteiger partial charge in [-0.05, 0) is 0 Å². The van der Waals surface area contributed by atoms with E-state index >= 15 is 0 Å². The summed E-state index contributed by atoms with van der Waals surface area (Å²) >= 11 is 0. The predicted molar refractivity (Wildman–Crippen MR) is 36.7 cm³/mol. The summed E-state index contributed by atoms with van der Waals surface area (Å²) in [5.41, 5.74) is 0. The zero-order chi connectivity index (χ0) is 7.72. The second kappa shape index (κ2) is 2.90. The van der Waals surface area contributed by atoms with Gasteiger partial charge in [0.25, 0.3) is 0 Å². The first-order valence-corrected chi connectivity index (χ1v) is 3.36. The molecule has 0 saturated carbocycles. The van der Waals surface area contributed by atoms with Gasteiger partial charge >= 0.3 is 0 Å². The lowest BCUT2D eigenvalue weighted by atomic mass is 9.86. The molecule has 4 atom stereocenters. The van der Waals surface area contributed by atoms with Gasteiger partial charge in [-0.25, -0.2) is 0 Å². The highest BCUT2D eigenvalue weighted by molar-refractivity contribution is 6.11. The van der Waals surface area contributed by atoms with Crippen LogP contribution >= 0.6 is 0 Å². The standard InChI is InChI=1S/C6H11BO3/c1-3-5(9)4(2-8)10-6(3)7/h3-6,8-9H,2H2,1H3/t3?,4-,5?,6-/m1/s1. The third kappa shape index (κ3) is 1.19. The van der Waals surface area contributed by atoms with Crippen LogP contribution in [0.15, 0.2) is 0 Å². The van der Waals surface area contributed by atoms with E-state index in [1.807, 2.05) is 0 Å². The lowest BCUT2D eigenvalue weighted by Crippen LogP contribution is -2.28. The maximum absolute atomic E-state index is 9.26. The molecule has 0 aromatic carbocycles. The first kappa shape index (κ1) is 8.05. The molecule has 1 heterocycles. The largest absolute Gasteiger partial charge is 0.394 e. The third-order valence-corrected chi connectivity index (χ3v) is 1.95. The summed E-state index contributed by atoms with van der Waals surface area (Å²) in [6.07, 6.45) is -1.12. The summed E-state index contributed by atoms with van der Waals surface area (Å²) in [5.74, 6) is -0.0860. The molecule has 1 rings (SSSR count). The average molecular weight is 142 g/mol. The van der Waals surface area contributed by atoms with Gasteiger partial charge in [0.2, 0.25) is 0 Å². The van der Waals surface area contributed by atoms with E-state index in [9.17, 15) is 5.11 Å². The van der Waals surface area contributed by atoms with Crippen molar-refractivity contribution in [2.75, 3.05) is 6.61 Å². The Morgan fingerprint density at radius 2 is 2.20 bits per heavy atom. The van der Waals surface area contributed by atoms with Crippen LogP contribution < -0.4 is 0 Å². The highest BCUT2D eigenvalue weighted by Gasteiger charge is 2.36. The SMILES string of the molecule is [B][C@@H]1O[C@H](CO)C(O)C1C. The Bertz CT molecular complexity index is 120. The van der Waals surface area contributed by atoms with Crippen molar-refractivity contribution in [3.8, 4) is 0 Å². The maximum atomic E-state index is 9.26. The van der Waals surface area contributed by atoms with E-state index in [0.29, 0.717) is 0 Å². The number of rotatable bonds is 1. The molecule has 1 aliphatic heterocycles. The Kier molecular flexibility index (Phi) is 2.34. The number of ether oxygens (including phenoxy) is 1.